The SMILES string of the molecule is Cc1cc(-c2csc(NC(C)C)n2)c(C)s1. The second-order valence-corrected chi connectivity index (χ2v) is 6.48. The molecule has 4 heteroatoms. The van der Waals surface area contributed by atoms with Crippen LogP contribution in [0.3, 0.4) is 0 Å². The number of nitrogens with one attached hydrogen (secondary N) is 1. The molecule has 0 spiro atoms. The van der Waals surface area contributed by atoms with Gasteiger partial charge in [-0.05, 0) is 33.8 Å². The first-order valence-corrected chi connectivity index (χ1v) is 7.05. The zero-order chi connectivity index (χ0) is 11.7. The van der Waals surface area contributed by atoms with Crippen LogP contribution in [0.2, 0.25) is 0 Å². The van der Waals surface area contributed by atoms with Gasteiger partial charge in [0.25, 0.3) is 0 Å². The molecule has 0 radical (unpaired) electrons. The van der Waals surface area contributed by atoms with Gasteiger partial charge in [-0.1, -0.05) is 0 Å². The van der Waals surface area contributed by atoms with Crippen LogP contribution >= 0.6 is 22.7 Å². The quantitative estimate of drug-likeness (QED) is 0.880. The third-order valence-electron chi connectivity index (χ3n) is 2.23. The molecule has 1 N–H and O–H groups in total. The average Bonchev–Trinajstić information content (AvgIpc) is 2.72. The maximum Gasteiger partial charge on any atom is 0.183 e. The van der Waals surface area contributed by atoms with Gasteiger partial charge in [-0.2, -0.15) is 0 Å². The van der Waals surface area contributed by atoms with Gasteiger partial charge >= 0.3 is 0 Å². The van der Waals surface area contributed by atoms with Crippen LogP contribution in [0.4, 0.5) is 5.13 Å². The third kappa shape index (κ3) is 2.44. The Bertz CT molecular complexity index is 483. The molecule has 0 atom stereocenters. The van der Waals surface area contributed by atoms with E-state index in [4.69, 9.17) is 0 Å². The van der Waals surface area contributed by atoms with Gasteiger partial charge in [0.15, 0.2) is 5.13 Å². The average molecular weight is 252 g/mol. The third-order valence-corrected chi connectivity index (χ3v) is 3.97. The molecule has 2 heterocycles. The number of hydrogen-bond acceptors (Lipinski definition) is 4. The summed E-state index contributed by atoms with van der Waals surface area (Å²) in [4.78, 5) is 7.30. The van der Waals surface area contributed by atoms with Crippen molar-refractivity contribution in [2.24, 2.45) is 0 Å². The number of nitrogens with zero attached hydrogens (tertiary/aromatic N) is 1. The molecule has 2 nitrogen and oxygen atoms in total. The maximum absolute atomic E-state index is 4.61. The van der Waals surface area contributed by atoms with Gasteiger partial charge in [-0.3, -0.25) is 0 Å². The highest BCUT2D eigenvalue weighted by Crippen LogP contribution is 2.32. The van der Waals surface area contributed by atoms with Crippen LogP contribution in [-0.2, 0) is 0 Å². The lowest BCUT2D eigenvalue weighted by Crippen LogP contribution is -2.08. The fourth-order valence-corrected chi connectivity index (χ4v) is 3.39. The Balaban J connectivity index is 2.28. The monoisotopic (exact) mass is 252 g/mol. The largest absolute Gasteiger partial charge is 0.359 e. The van der Waals surface area contributed by atoms with E-state index in [-0.39, 0.29) is 0 Å². The predicted molar refractivity (Wildman–Crippen MR) is 73.7 cm³/mol. The smallest absolute Gasteiger partial charge is 0.183 e. The second-order valence-electron chi connectivity index (χ2n) is 4.16. The normalized spacial score (nSPS) is 11.1. The lowest BCUT2D eigenvalue weighted by Gasteiger charge is -2.04. The van der Waals surface area contributed by atoms with Crippen molar-refractivity contribution >= 4 is 27.8 Å². The van der Waals surface area contributed by atoms with Crippen LogP contribution in [0, 0.1) is 13.8 Å². The molecule has 86 valence electrons. The molecule has 2 aromatic rings. The highest BCUT2D eigenvalue weighted by Gasteiger charge is 2.09. The van der Waals surface area contributed by atoms with Crippen LogP contribution in [0.15, 0.2) is 11.4 Å². The lowest BCUT2D eigenvalue weighted by molar-refractivity contribution is 0.897. The summed E-state index contributed by atoms with van der Waals surface area (Å²) in [6.07, 6.45) is 0. The number of thiazole rings is 1. The minimum atomic E-state index is 0.435. The van der Waals surface area contributed by atoms with Gasteiger partial charge in [0.05, 0.1) is 5.69 Å². The van der Waals surface area contributed by atoms with Crippen molar-refractivity contribution < 1.29 is 0 Å². The van der Waals surface area contributed by atoms with E-state index in [0.29, 0.717) is 6.04 Å². The highest BCUT2D eigenvalue weighted by molar-refractivity contribution is 7.14. The summed E-state index contributed by atoms with van der Waals surface area (Å²) in [5.74, 6) is 0. The molecule has 0 fully saturated rings. The van der Waals surface area contributed by atoms with Gasteiger partial charge < -0.3 is 5.32 Å². The minimum Gasteiger partial charge on any atom is -0.359 e. The van der Waals surface area contributed by atoms with Crippen molar-refractivity contribution in [3.8, 4) is 11.3 Å². The number of anilines is 1. The molecule has 0 aromatic carbocycles. The molecular weight excluding hydrogens is 236 g/mol. The molecule has 0 unspecified atom stereocenters. The van der Waals surface area contributed by atoms with E-state index in [2.05, 4.69) is 49.4 Å². The van der Waals surface area contributed by atoms with Gasteiger partial charge in [-0.15, -0.1) is 22.7 Å². The summed E-state index contributed by atoms with van der Waals surface area (Å²) in [6, 6.07) is 2.65. The second kappa shape index (κ2) is 4.55. The van der Waals surface area contributed by atoms with E-state index < -0.39 is 0 Å². The van der Waals surface area contributed by atoms with Crippen molar-refractivity contribution in [1.29, 1.82) is 0 Å². The molecule has 0 saturated heterocycles. The molecule has 0 bridgehead atoms. The van der Waals surface area contributed by atoms with Crippen LogP contribution < -0.4 is 5.32 Å². The fourth-order valence-electron chi connectivity index (χ4n) is 1.60. The van der Waals surface area contributed by atoms with Crippen molar-refractivity contribution in [3.63, 3.8) is 0 Å². The van der Waals surface area contributed by atoms with E-state index in [1.807, 2.05) is 11.3 Å². The Morgan fingerprint density at radius 1 is 1.31 bits per heavy atom. The zero-order valence-corrected chi connectivity index (χ0v) is 11.6. The number of aromatic nitrogens is 1. The predicted octanol–water partition coefficient (Wildman–Crippen LogP) is 4.31. The van der Waals surface area contributed by atoms with E-state index in [0.717, 1.165) is 10.8 Å². The van der Waals surface area contributed by atoms with Crippen molar-refractivity contribution in [2.75, 3.05) is 5.32 Å². The Kier molecular flexibility index (Phi) is 3.30. The minimum absolute atomic E-state index is 0.435. The zero-order valence-electron chi connectivity index (χ0n) is 10.00. The highest BCUT2D eigenvalue weighted by atomic mass is 32.1. The van der Waals surface area contributed by atoms with Crippen LogP contribution in [0.1, 0.15) is 23.6 Å². The molecule has 2 aromatic heterocycles. The van der Waals surface area contributed by atoms with Crippen molar-refractivity contribution in [2.45, 2.75) is 33.7 Å². The van der Waals surface area contributed by atoms with E-state index in [1.54, 1.807) is 11.3 Å². The summed E-state index contributed by atoms with van der Waals surface area (Å²) in [5.41, 5.74) is 2.37. The Hall–Kier alpha value is -0.870. The molecule has 16 heavy (non-hydrogen) atoms. The lowest BCUT2D eigenvalue weighted by atomic mass is 10.2. The summed E-state index contributed by atoms with van der Waals surface area (Å²) >= 11 is 3.50. The number of hydrogen-bond donors (Lipinski definition) is 1. The van der Waals surface area contributed by atoms with Crippen molar-refractivity contribution in [3.05, 3.63) is 21.2 Å². The van der Waals surface area contributed by atoms with Gasteiger partial charge in [0.2, 0.25) is 0 Å². The van der Waals surface area contributed by atoms with E-state index in [9.17, 15) is 0 Å². The van der Waals surface area contributed by atoms with Gasteiger partial charge in [0, 0.05) is 26.7 Å². The standard InChI is InChI=1S/C12H16N2S2/c1-7(2)13-12-14-11(6-15-12)10-5-8(3)16-9(10)4/h5-7H,1-4H3,(H,13,14). The first-order valence-electron chi connectivity index (χ1n) is 5.35. The molecule has 0 aliphatic heterocycles. The number of thiophene rings is 1. The Morgan fingerprint density at radius 3 is 2.62 bits per heavy atom. The molecule has 0 aliphatic rings. The molecule has 0 amide bonds. The Labute approximate surface area is 104 Å². The van der Waals surface area contributed by atoms with Crippen LogP contribution in [0.25, 0.3) is 11.3 Å². The topological polar surface area (TPSA) is 24.9 Å². The first kappa shape index (κ1) is 11.6. The Morgan fingerprint density at radius 2 is 2.06 bits per heavy atom. The number of aryl methyl sites for hydroxylation is 2. The molecular formula is C12H16N2S2. The van der Waals surface area contributed by atoms with E-state index >= 15 is 0 Å². The maximum atomic E-state index is 4.61. The molecule has 2 rings (SSSR count). The van der Waals surface area contributed by atoms with Gasteiger partial charge in [0.1, 0.15) is 0 Å². The summed E-state index contributed by atoms with van der Waals surface area (Å²) in [7, 11) is 0. The summed E-state index contributed by atoms with van der Waals surface area (Å²) < 4.78 is 0. The fraction of sp³-hybridized carbons (Fsp3) is 0.417. The first-order chi connectivity index (χ1) is 7.56. The van der Waals surface area contributed by atoms with Gasteiger partial charge in [-0.25, -0.2) is 4.98 Å². The van der Waals surface area contributed by atoms with Crippen LogP contribution in [-0.4, -0.2) is 11.0 Å². The summed E-state index contributed by atoms with van der Waals surface area (Å²) in [5, 5.41) is 6.46. The van der Waals surface area contributed by atoms with Crippen LogP contribution in [0.5, 0.6) is 0 Å². The number of rotatable bonds is 3. The summed E-state index contributed by atoms with van der Waals surface area (Å²) in [6.45, 7) is 8.55. The molecule has 0 aliphatic carbocycles. The van der Waals surface area contributed by atoms with E-state index in [1.165, 1.54) is 15.3 Å². The van der Waals surface area contributed by atoms with Crippen molar-refractivity contribution in [1.82, 2.24) is 4.98 Å². The molecule has 0 saturated carbocycles.